The second kappa shape index (κ2) is 194. The zero-order chi connectivity index (χ0) is 63.4. The van der Waals surface area contributed by atoms with Gasteiger partial charge in [0.15, 0.2) is 0 Å². The molecule has 2 heterocycles. The van der Waals surface area contributed by atoms with Crippen LogP contribution in [-0.4, -0.2) is 1350 Å². The molecule has 0 saturated heterocycles. The molecule has 4 aromatic rings. The third-order valence-electron chi connectivity index (χ3n) is 4.63. The van der Waals surface area contributed by atoms with E-state index in [0.29, 0.717) is 17.0 Å². The molecule has 0 unspecified atom stereocenters. The van der Waals surface area contributed by atoms with Crippen LogP contribution in [0, 0.1) is 34.2 Å². The van der Waals surface area contributed by atoms with Crippen LogP contribution in [0.15, 0.2) is 42.6 Å². The van der Waals surface area contributed by atoms with Gasteiger partial charge >= 0.3 is 1330 Å². The van der Waals surface area contributed by atoms with E-state index in [1.165, 1.54) is 1330 Å². The van der Waals surface area contributed by atoms with Crippen molar-refractivity contribution in [1.29, 1.82) is 5.26 Å². The van der Waals surface area contributed by atoms with Gasteiger partial charge in [-0.15, -0.1) is 0 Å². The van der Waals surface area contributed by atoms with Crippen molar-refractivity contribution in [3.05, 3.63) is 69.7 Å². The number of aromatic nitrogens is 4. The van der Waals surface area contributed by atoms with E-state index in [2.05, 4.69) is 26.5 Å². The fraction of sp³-hybridized carbons (Fsp3) is 0.100. The molecule has 0 aliphatic rings. The maximum absolute atomic E-state index is 13.8. The Balaban J connectivity index is -0.0000000366. The topological polar surface area (TPSA) is 123 Å². The summed E-state index contributed by atoms with van der Waals surface area (Å²) in [6.45, 7) is 1.60. The molecule has 0 spiro atoms. The van der Waals surface area contributed by atoms with Gasteiger partial charge in [0.05, 0.1) is 27.9 Å². The van der Waals surface area contributed by atoms with Crippen LogP contribution in [0.1, 0.15) is 11.1 Å². The number of nitro benzene ring substituents is 1. The van der Waals surface area contributed by atoms with Crippen molar-refractivity contribution >= 4 is 1350 Å². The van der Waals surface area contributed by atoms with Gasteiger partial charge in [-0.1, -0.05) is 18.2 Å². The first-order valence-electron chi connectivity index (χ1n) is 29.8. The van der Waals surface area contributed by atoms with E-state index in [1.54, 1.807) is 18.7 Å². The summed E-state index contributed by atoms with van der Waals surface area (Å²) < 4.78 is 15.5. The van der Waals surface area contributed by atoms with Gasteiger partial charge < -0.3 is 5.32 Å². The number of nitriles is 1. The van der Waals surface area contributed by atoms with Crippen molar-refractivity contribution in [3.63, 3.8) is 0 Å². The number of rotatable bonds is 4. The number of hydrogen-bond donors (Lipinski definition) is 1. The van der Waals surface area contributed by atoms with Crippen molar-refractivity contribution in [2.75, 3.05) is 5.32 Å². The predicted molar refractivity (Wildman–Crippen MR) is 349 cm³/mol. The average Bonchev–Trinajstić information content (AvgIpc) is 3.87. The van der Waals surface area contributed by atoms with Crippen LogP contribution in [0.2, 0.25) is 0 Å². The molecule has 9 nitrogen and oxygen atoms in total. The first-order valence-corrected chi connectivity index (χ1v) is 366. The van der Waals surface area contributed by atoms with Crippen molar-refractivity contribution in [2.24, 2.45) is 7.05 Å². The van der Waals surface area contributed by atoms with Crippen LogP contribution >= 0.6 is 0 Å². The predicted octanol–water partition coefficient (Wildman–Crippen LogP) is -12.0. The summed E-state index contributed by atoms with van der Waals surface area (Å²) in [6.07, 6.45) is 1.35. The minimum absolute atomic E-state index is 0.0998. The van der Waals surface area contributed by atoms with Gasteiger partial charge in [-0.25, -0.2) is 9.97 Å². The molecule has 0 bridgehead atoms. The Bertz CT molecular complexity index is 1430. The molecule has 0 aliphatic carbocycles. The number of nitrogens with one attached hydrogen (secondary N) is 1. The zero-order valence-corrected chi connectivity index (χ0v) is 189. The Morgan fingerprint density at radius 2 is 0.875 bits per heavy atom. The molecule has 0 amide bonds. The van der Waals surface area contributed by atoms with E-state index < -0.39 is 16.4 Å². The SMILES string of the molecule is Cc1cc(F)c([N+](=O)[O-])cc1Nc1ncc(C#N)c(-c2nn(C)c3ccccc23)n1.[K][K].[K][K].[K][K].[K][K].[K][K].[K][K].[K][K].[K][K].[K][K].[K][K].[K][K].[K][K].[K][K].[K][K].[K][K].[K][K].[K][K].[K][K].[K][K].[K][K].[K][K]. The van der Waals surface area contributed by atoms with Crippen LogP contribution in [0.5, 0.6) is 0 Å². The number of fused-ring (bicyclic) bond motifs is 1. The van der Waals surface area contributed by atoms with E-state index in [-0.39, 0.29) is 17.2 Å². The molecule has 4 rings (SSSR count). The standard InChI is InChI=1S/C20H14FN7O2.42K/c1-11-7-14(21)17(28(29)30)8-15(11)24-20-23-10-12(9-22)18(25-20)19-13-5-3-4-6-16(13)27(2)26-19;;;;;;;;;;;;;;;;;;;;;;;;;;;;;;;;;;;;;;;;;;/h3-8,10H,1-2H3,(H,23,24,25);;;;;;;;;;;;;;;;;;;;;;;;;;;;;;;;;;;;;;;;;;. The van der Waals surface area contributed by atoms with Crippen LogP contribution in [0.3, 0.4) is 0 Å². The first-order chi connectivity index (χ1) is 35.4. The van der Waals surface area contributed by atoms with Crippen molar-refractivity contribution < 1.29 is 9.31 Å². The van der Waals surface area contributed by atoms with Crippen LogP contribution in [0.25, 0.3) is 22.3 Å². The number of nitrogens with zero attached hydrogens (tertiary/aromatic N) is 6. The van der Waals surface area contributed by atoms with Crippen LogP contribution < -0.4 is 5.32 Å². The minimum atomic E-state index is -0.926. The van der Waals surface area contributed by atoms with Gasteiger partial charge in [0, 0.05) is 18.5 Å². The number of benzene rings is 2. The molecule has 2 aromatic carbocycles. The Hall–Kier alpha value is 64.3. The number of anilines is 2. The van der Waals surface area contributed by atoms with E-state index in [4.69, 9.17) is 0 Å². The molecule has 0 atom stereocenters. The summed E-state index contributed by atoms with van der Waals surface area (Å²) in [5.41, 5.74) is 1.99. The summed E-state index contributed by atoms with van der Waals surface area (Å²) >= 11 is 52.5. The van der Waals surface area contributed by atoms with E-state index >= 15 is 0 Å². The summed E-state index contributed by atoms with van der Waals surface area (Å²) in [6, 6.07) is 11.7. The van der Waals surface area contributed by atoms with Gasteiger partial charge in [-0.3, -0.25) is 14.8 Å². The number of halogens is 1. The molecule has 2 aromatic heterocycles. The second-order valence-corrected chi connectivity index (χ2v) is 6.56. The number of aryl methyl sites for hydroxylation is 2. The summed E-state index contributed by atoms with van der Waals surface area (Å²) in [5, 5.41) is 28.7. The molecule has 0 aliphatic heterocycles. The summed E-state index contributed by atoms with van der Waals surface area (Å²) in [5.74, 6) is -0.827. The van der Waals surface area contributed by atoms with E-state index in [1.807, 2.05) is 24.3 Å². The van der Waals surface area contributed by atoms with Crippen LogP contribution in [-0.2, 0) is 7.05 Å². The summed E-state index contributed by atoms with van der Waals surface area (Å²) in [7, 11) is 1.79. The fourth-order valence-corrected chi connectivity index (χ4v) is 3.15. The van der Waals surface area contributed by atoms with Crippen molar-refractivity contribution in [1.82, 2.24) is 19.7 Å². The van der Waals surface area contributed by atoms with Gasteiger partial charge in [-0.2, -0.15) is 14.8 Å². The first kappa shape index (κ1) is 178. The summed E-state index contributed by atoms with van der Waals surface area (Å²) in [4.78, 5) is 18.8. The molecule has 1 N–H and O–H groups in total. The Morgan fingerprint density at radius 3 is 1.18 bits per heavy atom. The molecular weight excluding hydrogens is 2030 g/mol. The van der Waals surface area contributed by atoms with Gasteiger partial charge in [0.1, 0.15) is 17.5 Å². The molecule has 52 heteroatoms. The quantitative estimate of drug-likeness (QED) is 0.123. The third-order valence-corrected chi connectivity index (χ3v) is 4.63. The van der Waals surface area contributed by atoms with Crippen LogP contribution in [0.4, 0.5) is 21.7 Å². The Morgan fingerprint density at radius 1 is 0.556 bits per heavy atom. The van der Waals surface area contributed by atoms with Gasteiger partial charge in [0.2, 0.25) is 11.8 Å². The average molecular weight is 2050 g/mol. The third kappa shape index (κ3) is 141. The zero-order valence-electron chi connectivity index (χ0n) is 57.9. The number of hydrogen-bond acceptors (Lipinski definition) is 7. The van der Waals surface area contributed by atoms with E-state index in [0.717, 1.165) is 23.0 Å². The molecular formula is C20H14FK42N7O2. The number of nitro groups is 1. The van der Waals surface area contributed by atoms with Gasteiger partial charge in [-0.05, 0) is 24.6 Å². The fourth-order valence-electron chi connectivity index (χ4n) is 3.15. The Labute approximate surface area is 1390 Å². The normalized spacial score (nSPS) is 6.81. The Kier molecular flexibility index (Phi) is 479. The second-order valence-electron chi connectivity index (χ2n) is 6.56. The van der Waals surface area contributed by atoms with Crippen molar-refractivity contribution in [3.8, 4) is 17.5 Å². The molecule has 0 fully saturated rings. The molecule has 72 heavy (non-hydrogen) atoms. The monoisotopic (exact) mass is 2040 g/mol. The van der Waals surface area contributed by atoms with E-state index in [9.17, 15) is 19.8 Å². The maximum atomic E-state index is 13.8. The van der Waals surface area contributed by atoms with Crippen molar-refractivity contribution in [2.45, 2.75) is 6.92 Å². The molecule has 0 radical (unpaired) electrons. The van der Waals surface area contributed by atoms with Gasteiger partial charge in [0.25, 0.3) is 0 Å². The molecule has 0 saturated carbocycles. The number of para-hydroxylation sites is 1. The molecule has 190 valence electrons.